The van der Waals surface area contributed by atoms with Gasteiger partial charge in [-0.3, -0.25) is 9.47 Å². The first-order valence-corrected chi connectivity index (χ1v) is 10.1. The summed E-state index contributed by atoms with van der Waals surface area (Å²) in [7, 11) is 3.35. The minimum absolute atomic E-state index is 0.676. The maximum atomic E-state index is 5.73. The molecule has 7 heteroatoms. The number of aryl methyl sites for hydroxylation is 1. The molecule has 1 aliphatic heterocycles. The molecule has 3 aromatic rings. The van der Waals surface area contributed by atoms with E-state index < -0.39 is 0 Å². The number of hydrogen-bond donors (Lipinski definition) is 0. The number of nitrogens with zero attached hydrogens (tertiary/aromatic N) is 4. The van der Waals surface area contributed by atoms with Crippen LogP contribution in [0.25, 0.3) is 0 Å². The van der Waals surface area contributed by atoms with Crippen molar-refractivity contribution in [1.82, 2.24) is 19.2 Å². The predicted molar refractivity (Wildman–Crippen MR) is 115 cm³/mol. The molecule has 1 aromatic heterocycles. The summed E-state index contributed by atoms with van der Waals surface area (Å²) in [5.41, 5.74) is 3.80. The standard InChI is InChI=1S/C22H26N4O2S/c1-16-23-26(22(29)25(16)13-17-7-5-4-6-8-17)15-24-10-9-18-11-20(27-2)21(28-3)12-19(18)14-24/h4-8,11-12H,9-10,13-15H2,1-3H3. The van der Waals surface area contributed by atoms with Gasteiger partial charge < -0.3 is 9.47 Å². The molecule has 1 aliphatic rings. The van der Waals surface area contributed by atoms with Gasteiger partial charge in [0, 0.05) is 13.1 Å². The van der Waals surface area contributed by atoms with Crippen molar-refractivity contribution in [3.63, 3.8) is 0 Å². The van der Waals surface area contributed by atoms with Crippen LogP contribution in [-0.4, -0.2) is 40.0 Å². The molecule has 0 spiro atoms. The van der Waals surface area contributed by atoms with Crippen molar-refractivity contribution < 1.29 is 9.47 Å². The summed E-state index contributed by atoms with van der Waals surface area (Å²) >= 11 is 5.73. The lowest BCUT2D eigenvalue weighted by Gasteiger charge is -2.29. The smallest absolute Gasteiger partial charge is 0.199 e. The van der Waals surface area contributed by atoms with Crippen LogP contribution in [0, 0.1) is 11.7 Å². The van der Waals surface area contributed by atoms with Crippen LogP contribution < -0.4 is 9.47 Å². The minimum Gasteiger partial charge on any atom is -0.493 e. The van der Waals surface area contributed by atoms with Crippen LogP contribution in [0.1, 0.15) is 22.5 Å². The van der Waals surface area contributed by atoms with Crippen LogP contribution in [0.5, 0.6) is 11.5 Å². The fraction of sp³-hybridized carbons (Fsp3) is 0.364. The Bertz CT molecular complexity index is 1060. The second kappa shape index (κ2) is 8.39. The zero-order chi connectivity index (χ0) is 20.4. The number of hydrogen-bond acceptors (Lipinski definition) is 5. The Kier molecular flexibility index (Phi) is 5.69. The highest BCUT2D eigenvalue weighted by Gasteiger charge is 2.20. The van der Waals surface area contributed by atoms with E-state index in [0.29, 0.717) is 6.67 Å². The van der Waals surface area contributed by atoms with Gasteiger partial charge in [0.1, 0.15) is 5.82 Å². The van der Waals surface area contributed by atoms with Gasteiger partial charge in [-0.25, -0.2) is 4.68 Å². The molecule has 4 rings (SSSR count). The summed E-state index contributed by atoms with van der Waals surface area (Å²) < 4.78 is 15.7. The van der Waals surface area contributed by atoms with Gasteiger partial charge in [-0.1, -0.05) is 30.3 Å². The Morgan fingerprint density at radius 1 is 1.03 bits per heavy atom. The Balaban J connectivity index is 1.52. The quantitative estimate of drug-likeness (QED) is 0.579. The van der Waals surface area contributed by atoms with Gasteiger partial charge in [-0.2, -0.15) is 5.10 Å². The topological polar surface area (TPSA) is 44.5 Å². The van der Waals surface area contributed by atoms with Crippen LogP contribution >= 0.6 is 12.2 Å². The lowest BCUT2D eigenvalue weighted by Crippen LogP contribution is -2.33. The fourth-order valence-electron chi connectivity index (χ4n) is 3.84. The summed E-state index contributed by atoms with van der Waals surface area (Å²) in [6.45, 7) is 5.22. The van der Waals surface area contributed by atoms with Gasteiger partial charge in [0.2, 0.25) is 0 Å². The van der Waals surface area contributed by atoms with E-state index in [1.807, 2.05) is 29.8 Å². The van der Waals surface area contributed by atoms with Gasteiger partial charge in [-0.15, -0.1) is 0 Å². The number of methoxy groups -OCH3 is 2. The first-order valence-electron chi connectivity index (χ1n) is 9.73. The first-order chi connectivity index (χ1) is 14.1. The zero-order valence-electron chi connectivity index (χ0n) is 17.1. The van der Waals surface area contributed by atoms with E-state index in [0.717, 1.165) is 48.1 Å². The summed E-state index contributed by atoms with van der Waals surface area (Å²) in [6, 6.07) is 14.5. The molecule has 0 atom stereocenters. The van der Waals surface area contributed by atoms with Crippen LogP contribution in [0.2, 0.25) is 0 Å². The van der Waals surface area contributed by atoms with Gasteiger partial charge >= 0.3 is 0 Å². The molecule has 0 saturated carbocycles. The molecule has 0 fully saturated rings. The number of aromatic nitrogens is 3. The molecule has 29 heavy (non-hydrogen) atoms. The minimum atomic E-state index is 0.676. The van der Waals surface area contributed by atoms with Gasteiger partial charge in [-0.05, 0) is 54.4 Å². The molecule has 0 bridgehead atoms. The van der Waals surface area contributed by atoms with Crippen molar-refractivity contribution in [2.45, 2.75) is 33.1 Å². The van der Waals surface area contributed by atoms with Gasteiger partial charge in [0.25, 0.3) is 0 Å². The normalized spacial score (nSPS) is 13.9. The third-order valence-electron chi connectivity index (χ3n) is 5.42. The third kappa shape index (κ3) is 4.06. The highest BCUT2D eigenvalue weighted by atomic mass is 32.1. The molecule has 152 valence electrons. The van der Waals surface area contributed by atoms with Crippen molar-refractivity contribution in [1.29, 1.82) is 0 Å². The van der Waals surface area contributed by atoms with Gasteiger partial charge in [0.15, 0.2) is 16.3 Å². The maximum Gasteiger partial charge on any atom is 0.199 e. The SMILES string of the molecule is COc1cc2c(cc1OC)CN(Cn1nc(C)n(Cc3ccccc3)c1=S)CC2. The molecule has 0 saturated heterocycles. The highest BCUT2D eigenvalue weighted by Crippen LogP contribution is 2.33. The first kappa shape index (κ1) is 19.7. The van der Waals surface area contributed by atoms with Crippen molar-refractivity contribution in [2.75, 3.05) is 20.8 Å². The molecule has 0 aliphatic carbocycles. The van der Waals surface area contributed by atoms with Gasteiger partial charge in [0.05, 0.1) is 27.4 Å². The average Bonchev–Trinajstić information content (AvgIpc) is 3.00. The lowest BCUT2D eigenvalue weighted by atomic mass is 9.99. The number of fused-ring (bicyclic) bond motifs is 1. The van der Waals surface area contributed by atoms with E-state index in [2.05, 4.69) is 33.7 Å². The predicted octanol–water partition coefficient (Wildman–Crippen LogP) is 3.80. The highest BCUT2D eigenvalue weighted by molar-refractivity contribution is 7.71. The molecular formula is C22H26N4O2S. The van der Waals surface area contributed by atoms with E-state index >= 15 is 0 Å². The Labute approximate surface area is 176 Å². The molecule has 2 heterocycles. The van der Waals surface area contributed by atoms with Crippen LogP contribution in [0.15, 0.2) is 42.5 Å². The monoisotopic (exact) mass is 410 g/mol. The Morgan fingerprint density at radius 3 is 2.41 bits per heavy atom. The van der Waals surface area contributed by atoms with E-state index in [9.17, 15) is 0 Å². The maximum absolute atomic E-state index is 5.73. The molecule has 0 N–H and O–H groups in total. The molecular weight excluding hydrogens is 384 g/mol. The average molecular weight is 411 g/mol. The van der Waals surface area contributed by atoms with E-state index in [1.54, 1.807) is 14.2 Å². The van der Waals surface area contributed by atoms with Crippen LogP contribution in [-0.2, 0) is 26.2 Å². The van der Waals surface area contributed by atoms with Crippen molar-refractivity contribution in [2.24, 2.45) is 0 Å². The molecule has 6 nitrogen and oxygen atoms in total. The summed E-state index contributed by atoms with van der Waals surface area (Å²) in [4.78, 5) is 2.36. The van der Waals surface area contributed by atoms with Crippen molar-refractivity contribution >= 4 is 12.2 Å². The molecule has 2 aromatic carbocycles. The van der Waals surface area contributed by atoms with Crippen LogP contribution in [0.3, 0.4) is 0 Å². The third-order valence-corrected chi connectivity index (χ3v) is 5.85. The van der Waals surface area contributed by atoms with E-state index in [1.165, 1.54) is 16.7 Å². The lowest BCUT2D eigenvalue weighted by molar-refractivity contribution is 0.187. The number of benzene rings is 2. The second-order valence-corrected chi connectivity index (χ2v) is 7.69. The Hall–Kier alpha value is -2.64. The Morgan fingerprint density at radius 2 is 1.72 bits per heavy atom. The summed E-state index contributed by atoms with van der Waals surface area (Å²) in [5, 5.41) is 4.71. The van der Waals surface area contributed by atoms with Crippen LogP contribution in [0.4, 0.5) is 0 Å². The summed E-state index contributed by atoms with van der Waals surface area (Å²) in [5.74, 6) is 2.49. The zero-order valence-corrected chi connectivity index (χ0v) is 17.9. The second-order valence-electron chi connectivity index (χ2n) is 7.32. The van der Waals surface area contributed by atoms with Crippen molar-refractivity contribution in [3.8, 4) is 11.5 Å². The summed E-state index contributed by atoms with van der Waals surface area (Å²) in [6.07, 6.45) is 0.965. The number of ether oxygens (including phenoxy) is 2. The fourth-order valence-corrected chi connectivity index (χ4v) is 4.14. The number of rotatable bonds is 6. The molecule has 0 unspecified atom stereocenters. The molecule has 0 radical (unpaired) electrons. The van der Waals surface area contributed by atoms with E-state index in [4.69, 9.17) is 26.8 Å². The van der Waals surface area contributed by atoms with Crippen molar-refractivity contribution in [3.05, 3.63) is 69.8 Å². The molecule has 0 amide bonds. The van der Waals surface area contributed by atoms with E-state index in [-0.39, 0.29) is 0 Å². The largest absolute Gasteiger partial charge is 0.493 e.